The molecule has 7 heteroatoms. The molecule has 2 amide bonds. The van der Waals surface area contributed by atoms with Gasteiger partial charge in [-0.3, -0.25) is 9.59 Å². The third kappa shape index (κ3) is 5.31. The minimum Gasteiger partial charge on any atom is -0.497 e. The number of methoxy groups -OCH3 is 2. The second kappa shape index (κ2) is 10.5. The molecule has 31 heavy (non-hydrogen) atoms. The highest BCUT2D eigenvalue weighted by molar-refractivity contribution is 6.30. The number of ether oxygens (including phenoxy) is 2. The van der Waals surface area contributed by atoms with Gasteiger partial charge in [-0.15, -0.1) is 0 Å². The van der Waals surface area contributed by atoms with Gasteiger partial charge in [-0.05, 0) is 42.8 Å². The largest absolute Gasteiger partial charge is 0.497 e. The summed E-state index contributed by atoms with van der Waals surface area (Å²) in [4.78, 5) is 28.0. The maximum absolute atomic E-state index is 13.2. The molecule has 6 nitrogen and oxygen atoms in total. The average molecular weight is 445 g/mol. The number of likely N-dealkylation sites (tertiary alicyclic amines) is 1. The topological polar surface area (TPSA) is 67.9 Å². The molecular formula is C24H29ClN2O4. The van der Waals surface area contributed by atoms with Gasteiger partial charge in [0.1, 0.15) is 11.5 Å². The smallest absolute Gasteiger partial charge is 0.253 e. The summed E-state index contributed by atoms with van der Waals surface area (Å²) in [5.41, 5.74) is 1.37. The van der Waals surface area contributed by atoms with E-state index in [9.17, 15) is 9.59 Å². The molecule has 0 aromatic heterocycles. The molecule has 1 N–H and O–H groups in total. The van der Waals surface area contributed by atoms with Crippen LogP contribution in [0.3, 0.4) is 0 Å². The molecule has 0 unspecified atom stereocenters. The lowest BCUT2D eigenvalue weighted by Crippen LogP contribution is -2.36. The molecule has 0 aliphatic carbocycles. The number of halogens is 1. The van der Waals surface area contributed by atoms with Gasteiger partial charge in [0.2, 0.25) is 5.91 Å². The second-order valence-electron chi connectivity index (χ2n) is 7.69. The Labute approximate surface area is 188 Å². The zero-order valence-electron chi connectivity index (χ0n) is 18.2. The number of hydrogen-bond donors (Lipinski definition) is 1. The molecular weight excluding hydrogens is 416 g/mol. The van der Waals surface area contributed by atoms with E-state index >= 15 is 0 Å². The Morgan fingerprint density at radius 2 is 1.94 bits per heavy atom. The van der Waals surface area contributed by atoms with Crippen molar-refractivity contribution in [3.8, 4) is 11.5 Å². The Morgan fingerprint density at radius 1 is 1.13 bits per heavy atom. The van der Waals surface area contributed by atoms with Crippen LogP contribution in [0.1, 0.15) is 41.6 Å². The molecule has 0 bridgehead atoms. The fourth-order valence-corrected chi connectivity index (χ4v) is 4.19. The number of amides is 2. The van der Waals surface area contributed by atoms with Gasteiger partial charge >= 0.3 is 0 Å². The Hall–Kier alpha value is -2.73. The fourth-order valence-electron chi connectivity index (χ4n) is 4.00. The summed E-state index contributed by atoms with van der Waals surface area (Å²) in [5, 5.41) is 3.53. The number of benzene rings is 2. The monoisotopic (exact) mass is 444 g/mol. The number of hydrogen-bond acceptors (Lipinski definition) is 4. The van der Waals surface area contributed by atoms with Crippen molar-refractivity contribution in [2.24, 2.45) is 5.92 Å². The van der Waals surface area contributed by atoms with Crippen molar-refractivity contribution in [3.05, 3.63) is 58.6 Å². The molecule has 1 saturated heterocycles. The minimum absolute atomic E-state index is 0.0512. The molecule has 1 heterocycles. The fraction of sp³-hybridized carbons (Fsp3) is 0.417. The van der Waals surface area contributed by atoms with Gasteiger partial charge in [0, 0.05) is 41.7 Å². The SMILES string of the molecule is CCCCNC(=O)[C@H]1CN(C(=O)c2cccc(Cl)c2)C[C@@H]1c1cc(OC)ccc1OC. The predicted octanol–water partition coefficient (Wildman–Crippen LogP) is 4.13. The van der Waals surface area contributed by atoms with Crippen LogP contribution in [0.4, 0.5) is 0 Å². The van der Waals surface area contributed by atoms with Crippen LogP contribution < -0.4 is 14.8 Å². The van der Waals surface area contributed by atoms with Gasteiger partial charge in [0.05, 0.1) is 20.1 Å². The predicted molar refractivity (Wildman–Crippen MR) is 121 cm³/mol. The number of carbonyl (C=O) groups is 2. The summed E-state index contributed by atoms with van der Waals surface area (Å²) in [6, 6.07) is 12.4. The highest BCUT2D eigenvalue weighted by Gasteiger charge is 2.41. The van der Waals surface area contributed by atoms with Crippen LogP contribution in [0.15, 0.2) is 42.5 Å². The molecule has 2 atom stereocenters. The second-order valence-corrected chi connectivity index (χ2v) is 8.12. The lowest BCUT2D eigenvalue weighted by Gasteiger charge is -2.21. The van der Waals surface area contributed by atoms with Crippen molar-refractivity contribution in [2.75, 3.05) is 33.9 Å². The summed E-state index contributed by atoms with van der Waals surface area (Å²) < 4.78 is 11.0. The van der Waals surface area contributed by atoms with E-state index < -0.39 is 0 Å². The van der Waals surface area contributed by atoms with Crippen LogP contribution in [0.25, 0.3) is 0 Å². The van der Waals surface area contributed by atoms with Crippen LogP contribution in [0.5, 0.6) is 11.5 Å². The molecule has 0 radical (unpaired) electrons. The van der Waals surface area contributed by atoms with Gasteiger partial charge in [0.15, 0.2) is 0 Å². The molecule has 3 rings (SSSR count). The maximum Gasteiger partial charge on any atom is 0.253 e. The third-order valence-electron chi connectivity index (χ3n) is 5.68. The Kier molecular flexibility index (Phi) is 7.80. The highest BCUT2D eigenvalue weighted by atomic mass is 35.5. The Bertz CT molecular complexity index is 934. The van der Waals surface area contributed by atoms with Gasteiger partial charge in [-0.25, -0.2) is 0 Å². The van der Waals surface area contributed by atoms with Crippen LogP contribution in [0, 0.1) is 5.92 Å². The molecule has 2 aromatic rings. The number of carbonyl (C=O) groups excluding carboxylic acids is 2. The molecule has 1 fully saturated rings. The lowest BCUT2D eigenvalue weighted by molar-refractivity contribution is -0.124. The Balaban J connectivity index is 1.92. The van der Waals surface area contributed by atoms with E-state index in [1.807, 2.05) is 18.2 Å². The van der Waals surface area contributed by atoms with Crippen LogP contribution >= 0.6 is 11.6 Å². The van der Waals surface area contributed by atoms with Crippen molar-refractivity contribution in [1.29, 1.82) is 0 Å². The van der Waals surface area contributed by atoms with Crippen LogP contribution in [0.2, 0.25) is 5.02 Å². The molecule has 0 saturated carbocycles. The van der Waals surface area contributed by atoms with Crippen molar-refractivity contribution < 1.29 is 19.1 Å². The van der Waals surface area contributed by atoms with E-state index in [2.05, 4.69) is 12.2 Å². The number of nitrogens with one attached hydrogen (secondary N) is 1. The average Bonchev–Trinajstić information content (AvgIpc) is 3.23. The van der Waals surface area contributed by atoms with Crippen LogP contribution in [-0.4, -0.2) is 50.6 Å². The van der Waals surface area contributed by atoms with Gasteiger partial charge in [0.25, 0.3) is 5.91 Å². The number of unbranched alkanes of at least 4 members (excludes halogenated alkanes) is 1. The first-order chi connectivity index (χ1) is 15.0. The first kappa shape index (κ1) is 22.9. The lowest BCUT2D eigenvalue weighted by atomic mass is 9.87. The molecule has 166 valence electrons. The summed E-state index contributed by atoms with van der Waals surface area (Å²) in [5.74, 6) is 0.563. The standard InChI is InChI=1S/C24H29ClN2O4/c1-4-5-11-26-23(28)21-15-27(24(29)16-7-6-8-17(25)12-16)14-20(21)19-13-18(30-2)9-10-22(19)31-3/h6-10,12-13,20-21H,4-5,11,14-15H2,1-3H3,(H,26,28)/t20-,21+/m1/s1. The van der Waals surface area contributed by atoms with E-state index in [4.69, 9.17) is 21.1 Å². The molecule has 1 aliphatic rings. The normalized spacial score (nSPS) is 18.0. The zero-order chi connectivity index (χ0) is 22.4. The summed E-state index contributed by atoms with van der Waals surface area (Å²) in [7, 11) is 3.20. The maximum atomic E-state index is 13.2. The Morgan fingerprint density at radius 3 is 2.61 bits per heavy atom. The first-order valence-corrected chi connectivity index (χ1v) is 10.9. The van der Waals surface area contributed by atoms with E-state index in [-0.39, 0.29) is 23.7 Å². The number of rotatable bonds is 8. The summed E-state index contributed by atoms with van der Waals surface area (Å²) in [6.45, 7) is 3.43. The zero-order valence-corrected chi connectivity index (χ0v) is 18.9. The van der Waals surface area contributed by atoms with E-state index in [0.717, 1.165) is 18.4 Å². The molecule has 0 spiro atoms. The van der Waals surface area contributed by atoms with Crippen molar-refractivity contribution in [3.63, 3.8) is 0 Å². The van der Waals surface area contributed by atoms with E-state index in [1.54, 1.807) is 43.4 Å². The molecule has 2 aromatic carbocycles. The quantitative estimate of drug-likeness (QED) is 0.621. The van der Waals surface area contributed by atoms with Crippen molar-refractivity contribution >= 4 is 23.4 Å². The van der Waals surface area contributed by atoms with Crippen LogP contribution in [-0.2, 0) is 4.79 Å². The third-order valence-corrected chi connectivity index (χ3v) is 5.92. The first-order valence-electron chi connectivity index (χ1n) is 10.5. The van der Waals surface area contributed by atoms with Gasteiger partial charge in [-0.1, -0.05) is 31.0 Å². The molecule has 1 aliphatic heterocycles. The van der Waals surface area contributed by atoms with Crippen molar-refractivity contribution in [1.82, 2.24) is 10.2 Å². The van der Waals surface area contributed by atoms with Gasteiger partial charge < -0.3 is 19.7 Å². The minimum atomic E-state index is -0.388. The van der Waals surface area contributed by atoms with Crippen molar-refractivity contribution in [2.45, 2.75) is 25.7 Å². The highest BCUT2D eigenvalue weighted by Crippen LogP contribution is 2.40. The van der Waals surface area contributed by atoms with E-state index in [1.165, 1.54) is 0 Å². The number of nitrogens with zero attached hydrogens (tertiary/aromatic N) is 1. The summed E-state index contributed by atoms with van der Waals surface area (Å²) in [6.07, 6.45) is 1.91. The van der Waals surface area contributed by atoms with E-state index in [0.29, 0.717) is 41.7 Å². The van der Waals surface area contributed by atoms with Gasteiger partial charge in [-0.2, -0.15) is 0 Å². The summed E-state index contributed by atoms with van der Waals surface area (Å²) >= 11 is 6.08.